The van der Waals surface area contributed by atoms with Crippen molar-refractivity contribution in [3.8, 4) is 0 Å². The molecule has 1 amide bonds. The molecule has 1 heterocycles. The maximum Gasteiger partial charge on any atom is 0.325 e. The van der Waals surface area contributed by atoms with Crippen LogP contribution in [0.5, 0.6) is 0 Å². The highest BCUT2D eigenvalue weighted by molar-refractivity contribution is 5.94. The van der Waals surface area contributed by atoms with Crippen LogP contribution in [0.4, 0.5) is 0 Å². The van der Waals surface area contributed by atoms with Gasteiger partial charge in [0.15, 0.2) is 5.76 Å². The third kappa shape index (κ3) is 3.09. The van der Waals surface area contributed by atoms with Gasteiger partial charge in [0.1, 0.15) is 18.4 Å². The number of furan rings is 1. The number of amides is 1. The summed E-state index contributed by atoms with van der Waals surface area (Å²) >= 11 is 0. The van der Waals surface area contributed by atoms with Crippen LogP contribution in [0.3, 0.4) is 0 Å². The van der Waals surface area contributed by atoms with Gasteiger partial charge in [0.2, 0.25) is 0 Å². The number of hydrogen-bond acceptors (Lipinski definition) is 4. The quantitative estimate of drug-likeness (QED) is 0.770. The van der Waals surface area contributed by atoms with Gasteiger partial charge in [-0.1, -0.05) is 0 Å². The number of carbonyl (C=O) groups is 2. The molecular formula is C10H13NO5. The number of methoxy groups -OCH3 is 1. The van der Waals surface area contributed by atoms with E-state index in [2.05, 4.69) is 5.32 Å². The predicted octanol–water partition coefficient (Wildman–Crippen LogP) is 0.629. The van der Waals surface area contributed by atoms with E-state index in [9.17, 15) is 9.59 Å². The molecule has 0 aliphatic heterocycles. The summed E-state index contributed by atoms with van der Waals surface area (Å²) in [6, 6.07) is 2.12. The Morgan fingerprint density at radius 3 is 2.81 bits per heavy atom. The first-order valence-corrected chi connectivity index (χ1v) is 4.66. The Kier molecular flexibility index (Phi) is 4.07. The predicted molar refractivity (Wildman–Crippen MR) is 54.0 cm³/mol. The molecule has 0 aliphatic rings. The number of hydrogen-bond donors (Lipinski definition) is 2. The van der Waals surface area contributed by atoms with E-state index >= 15 is 0 Å². The van der Waals surface area contributed by atoms with E-state index in [1.54, 1.807) is 6.07 Å². The molecule has 6 nitrogen and oxygen atoms in total. The Bertz CT molecular complexity index is 384. The van der Waals surface area contributed by atoms with Crippen molar-refractivity contribution in [1.29, 1.82) is 0 Å². The van der Waals surface area contributed by atoms with Crippen LogP contribution in [0.15, 0.2) is 16.5 Å². The topological polar surface area (TPSA) is 88.8 Å². The number of carboxylic acids is 1. The molecular weight excluding hydrogens is 214 g/mol. The third-order valence-electron chi connectivity index (χ3n) is 1.89. The van der Waals surface area contributed by atoms with Crippen LogP contribution in [0.2, 0.25) is 0 Å². The second kappa shape index (κ2) is 5.32. The number of nitrogens with one attached hydrogen (secondary N) is 1. The van der Waals surface area contributed by atoms with E-state index in [1.807, 2.05) is 0 Å². The Hall–Kier alpha value is -1.82. The van der Waals surface area contributed by atoms with Gasteiger partial charge in [-0.3, -0.25) is 9.59 Å². The molecule has 1 unspecified atom stereocenters. The number of carbonyl (C=O) groups excluding carboxylic acids is 1. The van der Waals surface area contributed by atoms with Gasteiger partial charge < -0.3 is 19.6 Å². The Labute approximate surface area is 92.2 Å². The molecule has 1 atom stereocenters. The van der Waals surface area contributed by atoms with Crippen molar-refractivity contribution in [3.63, 3.8) is 0 Å². The Morgan fingerprint density at radius 2 is 2.25 bits per heavy atom. The average molecular weight is 227 g/mol. The molecule has 0 saturated carbocycles. The fraction of sp³-hybridized carbons (Fsp3) is 0.400. The van der Waals surface area contributed by atoms with Crippen molar-refractivity contribution in [1.82, 2.24) is 5.32 Å². The summed E-state index contributed by atoms with van der Waals surface area (Å²) in [6.45, 7) is 1.64. The molecule has 0 spiro atoms. The summed E-state index contributed by atoms with van der Waals surface area (Å²) in [7, 11) is 1.51. The Morgan fingerprint density at radius 1 is 1.56 bits per heavy atom. The van der Waals surface area contributed by atoms with E-state index in [-0.39, 0.29) is 12.4 Å². The number of aliphatic carboxylic acids is 1. The zero-order chi connectivity index (χ0) is 12.1. The van der Waals surface area contributed by atoms with Gasteiger partial charge in [0, 0.05) is 7.11 Å². The van der Waals surface area contributed by atoms with Crippen LogP contribution >= 0.6 is 0 Å². The van der Waals surface area contributed by atoms with Crippen LogP contribution < -0.4 is 5.32 Å². The minimum absolute atomic E-state index is 0.0696. The van der Waals surface area contributed by atoms with Gasteiger partial charge in [0.05, 0.1) is 0 Å². The number of carboxylic acid groups (broad SMARTS) is 1. The molecule has 1 aromatic heterocycles. The lowest BCUT2D eigenvalue weighted by atomic mass is 10.3. The van der Waals surface area contributed by atoms with E-state index in [1.165, 1.54) is 20.1 Å². The molecule has 2 N–H and O–H groups in total. The highest BCUT2D eigenvalue weighted by atomic mass is 16.5. The lowest BCUT2D eigenvalue weighted by Gasteiger charge is -2.06. The fourth-order valence-electron chi connectivity index (χ4n) is 1.05. The standard InChI is InChI=1S/C10H13NO5/c1-6(10(13)14)11-9(12)8-4-3-7(16-8)5-15-2/h3-4,6H,5H2,1-2H3,(H,11,12)(H,13,14). The molecule has 1 aromatic rings. The zero-order valence-corrected chi connectivity index (χ0v) is 9.02. The van der Waals surface area contributed by atoms with Crippen LogP contribution in [0.1, 0.15) is 23.2 Å². The minimum atomic E-state index is -1.10. The largest absolute Gasteiger partial charge is 0.480 e. The van der Waals surface area contributed by atoms with E-state index in [0.717, 1.165) is 0 Å². The van der Waals surface area contributed by atoms with Gasteiger partial charge in [-0.25, -0.2) is 0 Å². The van der Waals surface area contributed by atoms with Crippen molar-refractivity contribution in [2.75, 3.05) is 7.11 Å². The first-order chi connectivity index (χ1) is 7.54. The van der Waals surface area contributed by atoms with Crippen LogP contribution in [0, 0.1) is 0 Å². The summed E-state index contributed by atoms with van der Waals surface area (Å²) in [5, 5.41) is 10.9. The smallest absolute Gasteiger partial charge is 0.325 e. The van der Waals surface area contributed by atoms with Crippen molar-refractivity contribution in [2.24, 2.45) is 0 Å². The van der Waals surface area contributed by atoms with Crippen molar-refractivity contribution in [2.45, 2.75) is 19.6 Å². The average Bonchev–Trinajstić information content (AvgIpc) is 2.66. The SMILES string of the molecule is COCc1ccc(C(=O)NC(C)C(=O)O)o1. The molecule has 16 heavy (non-hydrogen) atoms. The molecule has 0 radical (unpaired) electrons. The maximum absolute atomic E-state index is 11.5. The van der Waals surface area contributed by atoms with Crippen molar-refractivity contribution in [3.05, 3.63) is 23.7 Å². The molecule has 0 aliphatic carbocycles. The molecule has 0 saturated heterocycles. The summed E-state index contributed by atoms with van der Waals surface area (Å²) in [6.07, 6.45) is 0. The molecule has 6 heteroatoms. The first kappa shape index (κ1) is 12.3. The van der Waals surface area contributed by atoms with Crippen LogP contribution in [0.25, 0.3) is 0 Å². The summed E-state index contributed by atoms with van der Waals surface area (Å²) in [5.74, 6) is -1.08. The minimum Gasteiger partial charge on any atom is -0.480 e. The second-order valence-corrected chi connectivity index (χ2v) is 3.23. The lowest BCUT2D eigenvalue weighted by Crippen LogP contribution is -2.38. The third-order valence-corrected chi connectivity index (χ3v) is 1.89. The molecule has 0 fully saturated rings. The molecule has 0 aromatic carbocycles. The fourth-order valence-corrected chi connectivity index (χ4v) is 1.05. The number of ether oxygens (including phenoxy) is 1. The van der Waals surface area contributed by atoms with Crippen molar-refractivity contribution < 1.29 is 23.8 Å². The monoisotopic (exact) mass is 227 g/mol. The van der Waals surface area contributed by atoms with Gasteiger partial charge in [-0.2, -0.15) is 0 Å². The summed E-state index contributed by atoms with van der Waals surface area (Å²) < 4.78 is 9.96. The van der Waals surface area contributed by atoms with Crippen LogP contribution in [-0.4, -0.2) is 30.1 Å². The van der Waals surface area contributed by atoms with E-state index in [0.29, 0.717) is 5.76 Å². The maximum atomic E-state index is 11.5. The Balaban J connectivity index is 2.62. The molecule has 0 bridgehead atoms. The first-order valence-electron chi connectivity index (χ1n) is 4.66. The normalized spacial score (nSPS) is 12.1. The van der Waals surface area contributed by atoms with Crippen molar-refractivity contribution >= 4 is 11.9 Å². The molecule has 88 valence electrons. The summed E-state index contributed by atoms with van der Waals surface area (Å²) in [5.41, 5.74) is 0. The molecule has 1 rings (SSSR count). The number of rotatable bonds is 5. The highest BCUT2D eigenvalue weighted by Crippen LogP contribution is 2.08. The lowest BCUT2D eigenvalue weighted by molar-refractivity contribution is -0.138. The zero-order valence-electron chi connectivity index (χ0n) is 9.02. The van der Waals surface area contributed by atoms with E-state index in [4.69, 9.17) is 14.3 Å². The van der Waals surface area contributed by atoms with Gasteiger partial charge in [-0.15, -0.1) is 0 Å². The van der Waals surface area contributed by atoms with Gasteiger partial charge >= 0.3 is 5.97 Å². The van der Waals surface area contributed by atoms with Gasteiger partial charge in [-0.05, 0) is 19.1 Å². The van der Waals surface area contributed by atoms with E-state index < -0.39 is 17.9 Å². The van der Waals surface area contributed by atoms with Crippen LogP contribution in [-0.2, 0) is 16.1 Å². The summed E-state index contributed by atoms with van der Waals surface area (Å²) in [4.78, 5) is 22.0. The highest BCUT2D eigenvalue weighted by Gasteiger charge is 2.17. The van der Waals surface area contributed by atoms with Gasteiger partial charge in [0.25, 0.3) is 5.91 Å². The second-order valence-electron chi connectivity index (χ2n) is 3.23.